The first-order valence-corrected chi connectivity index (χ1v) is 10.5. The van der Waals surface area contributed by atoms with E-state index < -0.39 is 17.6 Å². The molecule has 0 spiro atoms. The number of carbonyl (C=O) groups excluding carboxylic acids is 2. The predicted octanol–water partition coefficient (Wildman–Crippen LogP) is 4.42. The Morgan fingerprint density at radius 3 is 1.91 bits per heavy atom. The maximum absolute atomic E-state index is 13.5. The molecule has 2 amide bonds. The monoisotopic (exact) mass is 464 g/mol. The summed E-state index contributed by atoms with van der Waals surface area (Å²) in [4.78, 5) is 27.8. The van der Waals surface area contributed by atoms with E-state index >= 15 is 0 Å². The van der Waals surface area contributed by atoms with Gasteiger partial charge in [-0.1, -0.05) is 24.3 Å². The van der Waals surface area contributed by atoms with Crippen LogP contribution < -0.4 is 14.8 Å². The van der Waals surface area contributed by atoms with Crippen molar-refractivity contribution < 1.29 is 27.8 Å². The molecule has 1 aliphatic heterocycles. The number of amides is 2. The van der Waals surface area contributed by atoms with E-state index in [1.807, 2.05) is 0 Å². The van der Waals surface area contributed by atoms with Gasteiger partial charge in [0.05, 0.1) is 19.8 Å². The molecule has 0 saturated heterocycles. The Labute approximate surface area is 195 Å². The molecule has 0 atom stereocenters. The van der Waals surface area contributed by atoms with Crippen LogP contribution in [-0.4, -0.2) is 37.5 Å². The van der Waals surface area contributed by atoms with Crippen molar-refractivity contribution in [1.29, 1.82) is 0 Å². The van der Waals surface area contributed by atoms with E-state index in [0.29, 0.717) is 29.2 Å². The number of nitrogens with zero attached hydrogens (tertiary/aromatic N) is 1. The second-order valence-corrected chi connectivity index (χ2v) is 7.62. The number of benzene rings is 3. The third kappa shape index (κ3) is 4.76. The third-order valence-electron chi connectivity index (χ3n) is 5.46. The Bertz CT molecular complexity index is 1230. The maximum Gasteiger partial charge on any atom is 0.278 e. The van der Waals surface area contributed by atoms with Gasteiger partial charge in [0.15, 0.2) is 0 Å². The van der Waals surface area contributed by atoms with Crippen molar-refractivity contribution in [3.05, 3.63) is 95.2 Å². The highest BCUT2D eigenvalue weighted by Crippen LogP contribution is 2.33. The van der Waals surface area contributed by atoms with Crippen LogP contribution in [0.4, 0.5) is 14.5 Å². The van der Waals surface area contributed by atoms with Crippen molar-refractivity contribution in [2.45, 2.75) is 6.42 Å². The zero-order valence-electron chi connectivity index (χ0n) is 18.6. The largest absolute Gasteiger partial charge is 0.497 e. The summed E-state index contributed by atoms with van der Waals surface area (Å²) in [5.41, 5.74) is 1.86. The zero-order chi connectivity index (χ0) is 24.2. The maximum atomic E-state index is 13.5. The van der Waals surface area contributed by atoms with Crippen molar-refractivity contribution in [2.24, 2.45) is 0 Å². The van der Waals surface area contributed by atoms with E-state index in [1.165, 1.54) is 50.6 Å². The van der Waals surface area contributed by atoms with E-state index in [-0.39, 0.29) is 23.6 Å². The lowest BCUT2D eigenvalue weighted by molar-refractivity contribution is -0.136. The lowest BCUT2D eigenvalue weighted by Crippen LogP contribution is -2.34. The van der Waals surface area contributed by atoms with E-state index in [1.54, 1.807) is 30.3 Å². The average molecular weight is 464 g/mol. The van der Waals surface area contributed by atoms with E-state index in [0.717, 1.165) is 10.5 Å². The molecule has 0 bridgehead atoms. The summed E-state index contributed by atoms with van der Waals surface area (Å²) in [5, 5.41) is 3.03. The molecule has 0 radical (unpaired) electrons. The molecule has 0 unspecified atom stereocenters. The highest BCUT2D eigenvalue weighted by atomic mass is 19.1. The van der Waals surface area contributed by atoms with Gasteiger partial charge in [-0.05, 0) is 41.8 Å². The summed E-state index contributed by atoms with van der Waals surface area (Å²) < 4.78 is 37.3. The molecular formula is C26H22F2N2O4. The zero-order valence-corrected chi connectivity index (χ0v) is 18.6. The van der Waals surface area contributed by atoms with Crippen LogP contribution in [0.1, 0.15) is 11.1 Å². The van der Waals surface area contributed by atoms with Crippen molar-refractivity contribution in [3.8, 4) is 11.5 Å². The van der Waals surface area contributed by atoms with Gasteiger partial charge in [-0.25, -0.2) is 8.78 Å². The summed E-state index contributed by atoms with van der Waals surface area (Å²) in [6.45, 7) is 0.0978. The summed E-state index contributed by atoms with van der Waals surface area (Å²) in [5.74, 6) is -0.852. The first-order valence-electron chi connectivity index (χ1n) is 10.5. The van der Waals surface area contributed by atoms with Crippen LogP contribution in [0, 0.1) is 11.6 Å². The second kappa shape index (κ2) is 9.74. The fourth-order valence-electron chi connectivity index (χ4n) is 3.70. The van der Waals surface area contributed by atoms with Crippen molar-refractivity contribution >= 4 is 23.1 Å². The number of hydrogen-bond donors (Lipinski definition) is 1. The Morgan fingerprint density at radius 2 is 1.35 bits per heavy atom. The molecule has 4 rings (SSSR count). The number of methoxy groups -OCH3 is 2. The van der Waals surface area contributed by atoms with Gasteiger partial charge in [-0.15, -0.1) is 0 Å². The van der Waals surface area contributed by atoms with Gasteiger partial charge in [0.1, 0.15) is 28.8 Å². The summed E-state index contributed by atoms with van der Waals surface area (Å²) >= 11 is 0. The number of halogens is 2. The summed E-state index contributed by atoms with van der Waals surface area (Å²) in [6.07, 6.45) is 0.356. The molecule has 1 N–H and O–H groups in total. The Hall–Kier alpha value is -4.20. The first kappa shape index (κ1) is 23.0. The lowest BCUT2D eigenvalue weighted by atomic mass is 10.0. The molecule has 8 heteroatoms. The molecule has 1 aliphatic rings. The van der Waals surface area contributed by atoms with Gasteiger partial charge in [0.2, 0.25) is 0 Å². The van der Waals surface area contributed by atoms with Gasteiger partial charge in [0, 0.05) is 30.4 Å². The minimum atomic E-state index is -0.520. The number of ether oxygens (including phenoxy) is 2. The van der Waals surface area contributed by atoms with Crippen LogP contribution >= 0.6 is 0 Å². The number of hydrogen-bond acceptors (Lipinski definition) is 5. The first-order chi connectivity index (χ1) is 16.4. The van der Waals surface area contributed by atoms with Crippen LogP contribution in [0.25, 0.3) is 5.57 Å². The molecule has 174 valence electrons. The molecule has 6 nitrogen and oxygen atoms in total. The SMILES string of the molecule is COc1cc(NC2=C(c3ccc(F)cc3)C(=O)N(CCc3ccc(F)cc3)C2=O)cc(OC)c1. The normalized spacial score (nSPS) is 13.5. The Kier molecular flexibility index (Phi) is 6.58. The standard InChI is InChI=1S/C26H22F2N2O4/c1-33-21-13-20(14-22(15-21)34-2)29-24-23(17-5-9-19(28)10-6-17)25(31)30(26(24)32)12-11-16-3-7-18(27)8-4-16/h3-10,13-15,29H,11-12H2,1-2H3. The minimum absolute atomic E-state index is 0.0611. The van der Waals surface area contributed by atoms with Gasteiger partial charge in [-0.2, -0.15) is 0 Å². The summed E-state index contributed by atoms with van der Waals surface area (Å²) in [7, 11) is 3.01. The van der Waals surface area contributed by atoms with Crippen molar-refractivity contribution in [1.82, 2.24) is 4.90 Å². The van der Waals surface area contributed by atoms with E-state index in [4.69, 9.17) is 9.47 Å². The number of carbonyl (C=O) groups is 2. The molecule has 34 heavy (non-hydrogen) atoms. The van der Waals surface area contributed by atoms with E-state index in [2.05, 4.69) is 5.32 Å². The molecular weight excluding hydrogens is 442 g/mol. The van der Waals surface area contributed by atoms with Crippen LogP contribution in [0.2, 0.25) is 0 Å². The van der Waals surface area contributed by atoms with Crippen LogP contribution in [0.15, 0.2) is 72.4 Å². The highest BCUT2D eigenvalue weighted by Gasteiger charge is 2.39. The minimum Gasteiger partial charge on any atom is -0.497 e. The van der Waals surface area contributed by atoms with Crippen molar-refractivity contribution in [2.75, 3.05) is 26.1 Å². The number of imide groups is 1. The Morgan fingerprint density at radius 1 is 0.794 bits per heavy atom. The number of nitrogens with one attached hydrogen (secondary N) is 1. The van der Waals surface area contributed by atoms with Gasteiger partial charge < -0.3 is 14.8 Å². The molecule has 0 fully saturated rings. The Balaban J connectivity index is 1.68. The molecule has 3 aromatic carbocycles. The number of anilines is 1. The molecule has 0 aliphatic carbocycles. The molecule has 3 aromatic rings. The van der Waals surface area contributed by atoms with Crippen LogP contribution in [0.3, 0.4) is 0 Å². The quantitative estimate of drug-likeness (QED) is 0.500. The average Bonchev–Trinajstić information content (AvgIpc) is 3.07. The third-order valence-corrected chi connectivity index (χ3v) is 5.46. The molecule has 0 saturated carbocycles. The van der Waals surface area contributed by atoms with Crippen LogP contribution in [-0.2, 0) is 16.0 Å². The van der Waals surface area contributed by atoms with Gasteiger partial charge in [-0.3, -0.25) is 14.5 Å². The topological polar surface area (TPSA) is 67.9 Å². The second-order valence-electron chi connectivity index (χ2n) is 7.62. The van der Waals surface area contributed by atoms with Gasteiger partial charge in [0.25, 0.3) is 11.8 Å². The fourth-order valence-corrected chi connectivity index (χ4v) is 3.70. The summed E-state index contributed by atoms with van der Waals surface area (Å²) in [6, 6.07) is 16.2. The molecule has 1 heterocycles. The van der Waals surface area contributed by atoms with E-state index in [9.17, 15) is 18.4 Å². The lowest BCUT2D eigenvalue weighted by Gasteiger charge is -2.15. The highest BCUT2D eigenvalue weighted by molar-refractivity contribution is 6.36. The van der Waals surface area contributed by atoms with Crippen LogP contribution in [0.5, 0.6) is 11.5 Å². The number of rotatable bonds is 8. The fraction of sp³-hybridized carbons (Fsp3) is 0.154. The smallest absolute Gasteiger partial charge is 0.278 e. The van der Waals surface area contributed by atoms with Crippen molar-refractivity contribution in [3.63, 3.8) is 0 Å². The molecule has 0 aromatic heterocycles. The predicted molar refractivity (Wildman–Crippen MR) is 123 cm³/mol. The van der Waals surface area contributed by atoms with Gasteiger partial charge >= 0.3 is 0 Å².